The molecule has 0 amide bonds. The Morgan fingerprint density at radius 1 is 0.923 bits per heavy atom. The Morgan fingerprint density at radius 2 is 1.65 bits per heavy atom. The maximum absolute atomic E-state index is 14.2. The van der Waals surface area contributed by atoms with Gasteiger partial charge in [-0.3, -0.25) is 0 Å². The summed E-state index contributed by atoms with van der Waals surface area (Å²) < 4.78 is 14.2. The molecule has 0 bridgehead atoms. The maximum atomic E-state index is 14.2. The third-order valence-corrected chi connectivity index (χ3v) is 5.04. The first-order valence-electron chi connectivity index (χ1n) is 9.03. The zero-order valence-electron chi connectivity index (χ0n) is 14.6. The van der Waals surface area contributed by atoms with Crippen LogP contribution in [0.1, 0.15) is 18.4 Å². The standard InChI is InChI=1S/C19H21FN6/c20-16-5-3-4-15(14-21)18(16)25-12-10-24(11-13-25)17-6-7-22-19(23-17)26-8-1-2-9-26/h3-7H,1-2,8-13H2. The molecule has 2 aliphatic heterocycles. The van der Waals surface area contributed by atoms with Crippen molar-refractivity contribution in [3.05, 3.63) is 41.8 Å². The van der Waals surface area contributed by atoms with Crippen LogP contribution in [0.15, 0.2) is 30.5 Å². The average Bonchev–Trinajstić information content (AvgIpc) is 3.23. The third-order valence-electron chi connectivity index (χ3n) is 5.04. The van der Waals surface area contributed by atoms with Gasteiger partial charge in [-0.15, -0.1) is 0 Å². The Morgan fingerprint density at radius 3 is 2.38 bits per heavy atom. The Labute approximate surface area is 152 Å². The predicted octanol–water partition coefficient (Wildman–Crippen LogP) is 2.41. The molecule has 1 aromatic carbocycles. The lowest BCUT2D eigenvalue weighted by atomic mass is 10.1. The van der Waals surface area contributed by atoms with Gasteiger partial charge < -0.3 is 14.7 Å². The fourth-order valence-electron chi connectivity index (χ4n) is 3.67. The summed E-state index contributed by atoms with van der Waals surface area (Å²) >= 11 is 0. The molecule has 0 spiro atoms. The lowest BCUT2D eigenvalue weighted by Crippen LogP contribution is -2.47. The number of nitriles is 1. The van der Waals surface area contributed by atoms with Crippen LogP contribution >= 0.6 is 0 Å². The molecular weight excluding hydrogens is 331 g/mol. The van der Waals surface area contributed by atoms with Gasteiger partial charge in [0.1, 0.15) is 17.7 Å². The summed E-state index contributed by atoms with van der Waals surface area (Å²) in [4.78, 5) is 15.5. The molecule has 1 aromatic heterocycles. The first kappa shape index (κ1) is 16.6. The Hall–Kier alpha value is -2.88. The topological polar surface area (TPSA) is 59.3 Å². The average molecular weight is 352 g/mol. The van der Waals surface area contributed by atoms with Crippen molar-refractivity contribution in [1.82, 2.24) is 9.97 Å². The van der Waals surface area contributed by atoms with E-state index in [1.165, 1.54) is 18.9 Å². The van der Waals surface area contributed by atoms with Crippen molar-refractivity contribution >= 4 is 17.5 Å². The predicted molar refractivity (Wildman–Crippen MR) is 99.0 cm³/mol. The SMILES string of the molecule is N#Cc1cccc(F)c1N1CCN(c2ccnc(N3CCCC3)n2)CC1. The van der Waals surface area contributed by atoms with Crippen LogP contribution in [-0.4, -0.2) is 49.2 Å². The Bertz CT molecular complexity index is 819. The maximum Gasteiger partial charge on any atom is 0.227 e. The second-order valence-electron chi connectivity index (χ2n) is 6.63. The second-order valence-corrected chi connectivity index (χ2v) is 6.63. The van der Waals surface area contributed by atoms with Crippen LogP contribution in [0.2, 0.25) is 0 Å². The van der Waals surface area contributed by atoms with Gasteiger partial charge in [0.25, 0.3) is 0 Å². The lowest BCUT2D eigenvalue weighted by Gasteiger charge is -2.37. The highest BCUT2D eigenvalue weighted by atomic mass is 19.1. The van der Waals surface area contributed by atoms with Gasteiger partial charge in [0, 0.05) is 45.5 Å². The third kappa shape index (κ3) is 3.15. The molecule has 134 valence electrons. The number of piperazine rings is 1. The number of para-hydroxylation sites is 1. The normalized spacial score (nSPS) is 17.5. The van der Waals surface area contributed by atoms with Crippen molar-refractivity contribution in [1.29, 1.82) is 5.26 Å². The highest BCUT2D eigenvalue weighted by Crippen LogP contribution is 2.26. The first-order valence-corrected chi connectivity index (χ1v) is 9.03. The van der Waals surface area contributed by atoms with Crippen LogP contribution in [0.3, 0.4) is 0 Å². The van der Waals surface area contributed by atoms with Gasteiger partial charge in [0.2, 0.25) is 5.95 Å². The van der Waals surface area contributed by atoms with Crippen molar-refractivity contribution in [3.63, 3.8) is 0 Å². The largest absolute Gasteiger partial charge is 0.365 e. The van der Waals surface area contributed by atoms with E-state index in [1.54, 1.807) is 12.1 Å². The fraction of sp³-hybridized carbons (Fsp3) is 0.421. The van der Waals surface area contributed by atoms with Crippen molar-refractivity contribution in [2.24, 2.45) is 0 Å². The van der Waals surface area contributed by atoms with Crippen molar-refractivity contribution < 1.29 is 4.39 Å². The molecule has 2 aliphatic rings. The van der Waals surface area contributed by atoms with Crippen molar-refractivity contribution in [3.8, 4) is 6.07 Å². The number of anilines is 3. The van der Waals surface area contributed by atoms with Gasteiger partial charge in [-0.05, 0) is 31.0 Å². The minimum absolute atomic E-state index is 0.337. The summed E-state index contributed by atoms with van der Waals surface area (Å²) in [5, 5.41) is 9.26. The summed E-state index contributed by atoms with van der Waals surface area (Å²) in [5.41, 5.74) is 0.798. The number of benzene rings is 1. The van der Waals surface area contributed by atoms with E-state index >= 15 is 0 Å². The summed E-state index contributed by atoms with van der Waals surface area (Å²) in [5.74, 6) is 1.37. The fourth-order valence-corrected chi connectivity index (χ4v) is 3.67. The van der Waals surface area contributed by atoms with E-state index in [0.29, 0.717) is 24.3 Å². The minimum atomic E-state index is -0.337. The van der Waals surface area contributed by atoms with E-state index in [1.807, 2.05) is 17.2 Å². The van der Waals surface area contributed by atoms with Crippen molar-refractivity contribution in [2.75, 3.05) is 54.0 Å². The molecule has 4 rings (SSSR count). The van der Waals surface area contributed by atoms with Crippen LogP contribution in [-0.2, 0) is 0 Å². The van der Waals surface area contributed by atoms with Gasteiger partial charge in [0.05, 0.1) is 11.3 Å². The van der Waals surface area contributed by atoms with Gasteiger partial charge in [0.15, 0.2) is 0 Å². The summed E-state index contributed by atoms with van der Waals surface area (Å²) in [6, 6.07) is 8.68. The number of nitrogens with zero attached hydrogens (tertiary/aromatic N) is 6. The molecule has 2 aromatic rings. The molecule has 0 aliphatic carbocycles. The van der Waals surface area contributed by atoms with E-state index in [2.05, 4.69) is 20.9 Å². The quantitative estimate of drug-likeness (QED) is 0.845. The lowest BCUT2D eigenvalue weighted by molar-refractivity contribution is 0.595. The second kappa shape index (κ2) is 7.16. The van der Waals surface area contributed by atoms with Gasteiger partial charge in [-0.25, -0.2) is 9.37 Å². The highest BCUT2D eigenvalue weighted by molar-refractivity contribution is 5.61. The summed E-state index contributed by atoms with van der Waals surface area (Å²) in [7, 11) is 0. The Balaban J connectivity index is 1.48. The van der Waals surface area contributed by atoms with Gasteiger partial charge in [-0.1, -0.05) is 6.07 Å². The van der Waals surface area contributed by atoms with E-state index in [-0.39, 0.29) is 5.82 Å². The van der Waals surface area contributed by atoms with Gasteiger partial charge in [-0.2, -0.15) is 10.2 Å². The number of halogens is 1. The molecule has 0 N–H and O–H groups in total. The van der Waals surface area contributed by atoms with Crippen LogP contribution in [0, 0.1) is 17.1 Å². The molecule has 0 unspecified atom stereocenters. The summed E-state index contributed by atoms with van der Waals surface area (Å²) in [6.07, 6.45) is 4.19. The van der Waals surface area contributed by atoms with Gasteiger partial charge >= 0.3 is 0 Å². The van der Waals surface area contributed by atoms with Crippen molar-refractivity contribution in [2.45, 2.75) is 12.8 Å². The molecule has 26 heavy (non-hydrogen) atoms. The number of hydrogen-bond donors (Lipinski definition) is 0. The number of hydrogen-bond acceptors (Lipinski definition) is 6. The molecule has 3 heterocycles. The van der Waals surface area contributed by atoms with Crippen LogP contribution < -0.4 is 14.7 Å². The molecular formula is C19H21FN6. The highest BCUT2D eigenvalue weighted by Gasteiger charge is 2.23. The first-order chi connectivity index (χ1) is 12.8. The zero-order chi connectivity index (χ0) is 17.9. The molecule has 0 saturated carbocycles. The number of aromatic nitrogens is 2. The molecule has 2 saturated heterocycles. The zero-order valence-corrected chi connectivity index (χ0v) is 14.6. The molecule has 2 fully saturated rings. The molecule has 0 atom stereocenters. The number of rotatable bonds is 3. The smallest absolute Gasteiger partial charge is 0.227 e. The van der Waals surface area contributed by atoms with E-state index in [0.717, 1.165) is 37.9 Å². The summed E-state index contributed by atoms with van der Waals surface area (Å²) in [6.45, 7) is 4.80. The molecule has 6 nitrogen and oxygen atoms in total. The minimum Gasteiger partial charge on any atom is -0.365 e. The van der Waals surface area contributed by atoms with E-state index < -0.39 is 0 Å². The molecule has 7 heteroatoms. The monoisotopic (exact) mass is 352 g/mol. The van der Waals surface area contributed by atoms with Crippen LogP contribution in [0.25, 0.3) is 0 Å². The van der Waals surface area contributed by atoms with E-state index in [9.17, 15) is 9.65 Å². The molecule has 0 radical (unpaired) electrons. The van der Waals surface area contributed by atoms with Crippen LogP contribution in [0.5, 0.6) is 0 Å². The van der Waals surface area contributed by atoms with E-state index in [4.69, 9.17) is 4.98 Å². The Kier molecular flexibility index (Phi) is 4.57. The van der Waals surface area contributed by atoms with Crippen LogP contribution in [0.4, 0.5) is 21.8 Å².